The summed E-state index contributed by atoms with van der Waals surface area (Å²) in [5, 5.41) is 12.5. The molecule has 2 aromatic rings. The SMILES string of the molecule is CN(C)C(CNC(=O)c1cc(Cl)c(O)c(Cl)c1)c1ccccc1. The van der Waals surface area contributed by atoms with E-state index in [0.717, 1.165) is 5.56 Å². The highest BCUT2D eigenvalue weighted by Gasteiger charge is 2.17. The van der Waals surface area contributed by atoms with Crippen LogP contribution in [0.5, 0.6) is 5.75 Å². The number of halogens is 2. The molecule has 6 heteroatoms. The van der Waals surface area contributed by atoms with Gasteiger partial charge in [-0.25, -0.2) is 0 Å². The molecule has 0 aromatic heterocycles. The van der Waals surface area contributed by atoms with Crippen LogP contribution in [0.2, 0.25) is 10.0 Å². The average Bonchev–Trinajstić information content (AvgIpc) is 2.52. The molecule has 122 valence electrons. The second-order valence-corrected chi connectivity index (χ2v) is 6.20. The molecular weight excluding hydrogens is 335 g/mol. The van der Waals surface area contributed by atoms with Gasteiger partial charge in [-0.15, -0.1) is 0 Å². The third-order valence-electron chi connectivity index (χ3n) is 3.54. The zero-order valence-electron chi connectivity index (χ0n) is 12.9. The lowest BCUT2D eigenvalue weighted by Crippen LogP contribution is -2.34. The molecule has 0 aliphatic carbocycles. The lowest BCUT2D eigenvalue weighted by molar-refractivity contribution is 0.0942. The minimum absolute atomic E-state index is 0.0446. The van der Waals surface area contributed by atoms with Crippen molar-refractivity contribution in [3.63, 3.8) is 0 Å². The number of rotatable bonds is 5. The Morgan fingerprint density at radius 2 is 1.74 bits per heavy atom. The van der Waals surface area contributed by atoms with Crippen molar-refractivity contribution in [1.29, 1.82) is 0 Å². The number of hydrogen-bond acceptors (Lipinski definition) is 3. The molecule has 23 heavy (non-hydrogen) atoms. The lowest BCUT2D eigenvalue weighted by Gasteiger charge is -2.25. The summed E-state index contributed by atoms with van der Waals surface area (Å²) in [5.74, 6) is -0.517. The molecule has 0 bridgehead atoms. The predicted molar refractivity (Wildman–Crippen MR) is 93.3 cm³/mol. The van der Waals surface area contributed by atoms with Crippen LogP contribution >= 0.6 is 23.2 Å². The first kappa shape index (κ1) is 17.6. The van der Waals surface area contributed by atoms with Gasteiger partial charge in [-0.1, -0.05) is 53.5 Å². The van der Waals surface area contributed by atoms with E-state index in [1.54, 1.807) is 0 Å². The number of hydrogen-bond donors (Lipinski definition) is 2. The average molecular weight is 353 g/mol. The predicted octanol–water partition coefficient (Wildman–Crippen LogP) is 3.73. The fourth-order valence-corrected chi connectivity index (χ4v) is 2.75. The van der Waals surface area contributed by atoms with Gasteiger partial charge in [0, 0.05) is 12.1 Å². The highest BCUT2D eigenvalue weighted by atomic mass is 35.5. The van der Waals surface area contributed by atoms with Gasteiger partial charge in [0.1, 0.15) is 0 Å². The Bertz CT molecular complexity index is 667. The second-order valence-electron chi connectivity index (χ2n) is 5.39. The topological polar surface area (TPSA) is 52.6 Å². The summed E-state index contributed by atoms with van der Waals surface area (Å²) in [6, 6.07) is 12.8. The summed E-state index contributed by atoms with van der Waals surface area (Å²) < 4.78 is 0. The molecule has 0 heterocycles. The standard InChI is InChI=1S/C17H18Cl2N2O2/c1-21(2)15(11-6-4-3-5-7-11)10-20-17(23)12-8-13(18)16(22)14(19)9-12/h3-9,15,22H,10H2,1-2H3,(H,20,23). The van der Waals surface area contributed by atoms with E-state index in [1.165, 1.54) is 12.1 Å². The number of nitrogens with one attached hydrogen (secondary N) is 1. The minimum Gasteiger partial charge on any atom is -0.505 e. The zero-order chi connectivity index (χ0) is 17.0. The second kappa shape index (κ2) is 7.68. The third kappa shape index (κ3) is 4.38. The monoisotopic (exact) mass is 352 g/mol. The summed E-state index contributed by atoms with van der Waals surface area (Å²) in [5.41, 5.74) is 1.42. The van der Waals surface area contributed by atoms with E-state index in [9.17, 15) is 9.90 Å². The Balaban J connectivity index is 2.11. The van der Waals surface area contributed by atoms with Gasteiger partial charge in [-0.3, -0.25) is 4.79 Å². The quantitative estimate of drug-likeness (QED) is 0.861. The molecule has 0 fully saturated rings. The van der Waals surface area contributed by atoms with Gasteiger partial charge in [-0.05, 0) is 31.8 Å². The van der Waals surface area contributed by atoms with Crippen molar-refractivity contribution in [1.82, 2.24) is 10.2 Å². The van der Waals surface area contributed by atoms with Crippen LogP contribution in [0.4, 0.5) is 0 Å². The summed E-state index contributed by atoms with van der Waals surface area (Å²) in [7, 11) is 3.91. The van der Waals surface area contributed by atoms with Gasteiger partial charge >= 0.3 is 0 Å². The Labute approximate surface area is 145 Å². The summed E-state index contributed by atoms with van der Waals surface area (Å²) in [6.45, 7) is 0.436. The number of phenolic OH excluding ortho intramolecular Hbond substituents is 1. The van der Waals surface area contributed by atoms with E-state index in [4.69, 9.17) is 23.2 Å². The summed E-state index contributed by atoms with van der Waals surface area (Å²) in [4.78, 5) is 14.3. The summed E-state index contributed by atoms with van der Waals surface area (Å²) in [6.07, 6.45) is 0. The molecular formula is C17H18Cl2N2O2. The molecule has 0 aliphatic rings. The molecule has 0 saturated carbocycles. The van der Waals surface area contributed by atoms with Gasteiger partial charge in [0.15, 0.2) is 5.75 Å². The maximum absolute atomic E-state index is 12.3. The lowest BCUT2D eigenvalue weighted by atomic mass is 10.1. The zero-order valence-corrected chi connectivity index (χ0v) is 14.4. The third-order valence-corrected chi connectivity index (χ3v) is 4.12. The van der Waals surface area contributed by atoms with Crippen LogP contribution in [0.15, 0.2) is 42.5 Å². The maximum Gasteiger partial charge on any atom is 0.251 e. The molecule has 0 saturated heterocycles. The Kier molecular flexibility index (Phi) is 5.88. The molecule has 2 rings (SSSR count). The van der Waals surface area contributed by atoms with Crippen molar-refractivity contribution in [2.45, 2.75) is 6.04 Å². The first-order valence-electron chi connectivity index (χ1n) is 7.07. The Hall–Kier alpha value is -1.75. The number of aromatic hydroxyl groups is 1. The number of carbonyl (C=O) groups excluding carboxylic acids is 1. The highest BCUT2D eigenvalue weighted by Crippen LogP contribution is 2.32. The molecule has 0 radical (unpaired) electrons. The first-order chi connectivity index (χ1) is 10.9. The molecule has 0 aliphatic heterocycles. The van der Waals surface area contributed by atoms with Gasteiger partial charge in [-0.2, -0.15) is 0 Å². The van der Waals surface area contributed by atoms with Gasteiger partial charge in [0.2, 0.25) is 0 Å². The summed E-state index contributed by atoms with van der Waals surface area (Å²) >= 11 is 11.7. The van der Waals surface area contributed by atoms with Crippen molar-refractivity contribution in [2.24, 2.45) is 0 Å². The van der Waals surface area contributed by atoms with Crippen molar-refractivity contribution in [3.05, 3.63) is 63.6 Å². The first-order valence-corrected chi connectivity index (χ1v) is 7.83. The van der Waals surface area contributed by atoms with E-state index in [-0.39, 0.29) is 27.7 Å². The van der Waals surface area contributed by atoms with Crippen LogP contribution in [0.1, 0.15) is 22.0 Å². The highest BCUT2D eigenvalue weighted by molar-refractivity contribution is 6.37. The van der Waals surface area contributed by atoms with Crippen LogP contribution < -0.4 is 5.32 Å². The number of phenols is 1. The maximum atomic E-state index is 12.3. The van der Waals surface area contributed by atoms with E-state index >= 15 is 0 Å². The molecule has 2 aromatic carbocycles. The van der Waals surface area contributed by atoms with E-state index in [2.05, 4.69) is 5.32 Å². The van der Waals surface area contributed by atoms with Crippen LogP contribution in [-0.4, -0.2) is 36.6 Å². The van der Waals surface area contributed by atoms with Crippen LogP contribution in [0.3, 0.4) is 0 Å². The number of nitrogens with zero attached hydrogens (tertiary/aromatic N) is 1. The fourth-order valence-electron chi connectivity index (χ4n) is 2.26. The van der Waals surface area contributed by atoms with Crippen molar-refractivity contribution in [2.75, 3.05) is 20.6 Å². The molecule has 1 amide bonds. The van der Waals surface area contributed by atoms with Crippen molar-refractivity contribution < 1.29 is 9.90 Å². The van der Waals surface area contributed by atoms with E-state index < -0.39 is 0 Å². The smallest absolute Gasteiger partial charge is 0.251 e. The van der Waals surface area contributed by atoms with Crippen molar-refractivity contribution >= 4 is 29.1 Å². The van der Waals surface area contributed by atoms with Crippen LogP contribution in [-0.2, 0) is 0 Å². The van der Waals surface area contributed by atoms with E-state index in [0.29, 0.717) is 12.1 Å². The van der Waals surface area contributed by atoms with Gasteiger partial charge < -0.3 is 15.3 Å². The Morgan fingerprint density at radius 3 is 2.26 bits per heavy atom. The minimum atomic E-state index is -0.295. The number of likely N-dealkylation sites (N-methyl/N-ethyl adjacent to an activating group) is 1. The molecule has 2 N–H and O–H groups in total. The number of benzene rings is 2. The normalized spacial score (nSPS) is 12.2. The number of carbonyl (C=O) groups is 1. The van der Waals surface area contributed by atoms with Crippen LogP contribution in [0.25, 0.3) is 0 Å². The van der Waals surface area contributed by atoms with E-state index in [1.807, 2.05) is 49.3 Å². The van der Waals surface area contributed by atoms with Gasteiger partial charge in [0.05, 0.1) is 16.1 Å². The largest absolute Gasteiger partial charge is 0.505 e. The fraction of sp³-hybridized carbons (Fsp3) is 0.235. The van der Waals surface area contributed by atoms with Crippen molar-refractivity contribution in [3.8, 4) is 5.75 Å². The Morgan fingerprint density at radius 1 is 1.17 bits per heavy atom. The van der Waals surface area contributed by atoms with Crippen LogP contribution in [0, 0.1) is 0 Å². The molecule has 0 spiro atoms. The van der Waals surface area contributed by atoms with Gasteiger partial charge in [0.25, 0.3) is 5.91 Å². The molecule has 1 unspecified atom stereocenters. The molecule has 4 nitrogen and oxygen atoms in total. The molecule has 1 atom stereocenters. The number of amides is 1.